The van der Waals surface area contributed by atoms with Crippen LogP contribution in [0.25, 0.3) is 16.7 Å². The van der Waals surface area contributed by atoms with Crippen LogP contribution in [0.5, 0.6) is 0 Å². The molecule has 11 heteroatoms. The molecule has 0 radical (unpaired) electrons. The number of aromatic nitrogens is 4. The minimum absolute atomic E-state index is 0.0430. The van der Waals surface area contributed by atoms with E-state index < -0.39 is 23.3 Å². The molecule has 0 unspecified atom stereocenters. The summed E-state index contributed by atoms with van der Waals surface area (Å²) in [5.41, 5.74) is 2.25. The van der Waals surface area contributed by atoms with Crippen LogP contribution in [-0.2, 0) is 12.7 Å². The summed E-state index contributed by atoms with van der Waals surface area (Å²) < 4.78 is 43.6. The number of nitrogens with one attached hydrogen (secondary N) is 1. The molecule has 0 saturated heterocycles. The molecule has 0 aliphatic heterocycles. The zero-order chi connectivity index (χ0) is 27.9. The van der Waals surface area contributed by atoms with E-state index in [1.54, 1.807) is 15.3 Å². The summed E-state index contributed by atoms with van der Waals surface area (Å²) in [6.45, 7) is 4.36. The topological polar surface area (TPSA) is 81.8 Å². The minimum atomic E-state index is -4.77. The van der Waals surface area contributed by atoms with Crippen LogP contribution in [0.15, 0.2) is 53.6 Å². The Morgan fingerprint density at radius 1 is 1.08 bits per heavy atom. The van der Waals surface area contributed by atoms with Gasteiger partial charge in [-0.2, -0.15) is 13.2 Å². The van der Waals surface area contributed by atoms with Gasteiger partial charge in [-0.1, -0.05) is 23.7 Å². The summed E-state index contributed by atoms with van der Waals surface area (Å²) in [6.07, 6.45) is 0.401. The minimum Gasteiger partial charge on any atom is -0.349 e. The predicted molar refractivity (Wildman–Crippen MR) is 142 cm³/mol. The Morgan fingerprint density at radius 2 is 1.77 bits per heavy atom. The third-order valence-corrected chi connectivity index (χ3v) is 7.70. The van der Waals surface area contributed by atoms with Gasteiger partial charge >= 0.3 is 11.9 Å². The zero-order valence-corrected chi connectivity index (χ0v) is 22.2. The van der Waals surface area contributed by atoms with Crippen LogP contribution in [0.3, 0.4) is 0 Å². The van der Waals surface area contributed by atoms with E-state index in [2.05, 4.69) is 15.3 Å². The normalized spacial score (nSPS) is 17.9. The molecule has 1 aliphatic rings. The number of fused-ring (bicyclic) bond motifs is 1. The van der Waals surface area contributed by atoms with Crippen LogP contribution in [0, 0.1) is 19.8 Å². The highest BCUT2D eigenvalue weighted by Gasteiger charge is 2.38. The summed E-state index contributed by atoms with van der Waals surface area (Å²) in [6, 6.07) is 10.2. The van der Waals surface area contributed by atoms with Crippen molar-refractivity contribution >= 4 is 28.5 Å². The monoisotopic (exact) mass is 557 g/mol. The average molecular weight is 558 g/mol. The van der Waals surface area contributed by atoms with E-state index in [0.717, 1.165) is 40.2 Å². The van der Waals surface area contributed by atoms with Gasteiger partial charge < -0.3 is 5.32 Å². The van der Waals surface area contributed by atoms with Crippen molar-refractivity contribution in [1.82, 2.24) is 24.4 Å². The molecular weight excluding hydrogens is 531 g/mol. The molecule has 204 valence electrons. The van der Waals surface area contributed by atoms with Crippen molar-refractivity contribution < 1.29 is 18.0 Å². The molecular formula is C28H27ClF3N5O2. The predicted octanol–water partition coefficient (Wildman–Crippen LogP) is 5.86. The largest absolute Gasteiger partial charge is 0.434 e. The summed E-state index contributed by atoms with van der Waals surface area (Å²) in [7, 11) is 0. The Balaban J connectivity index is 1.32. The second-order valence-electron chi connectivity index (χ2n) is 10.00. The lowest BCUT2D eigenvalue weighted by Crippen LogP contribution is -2.39. The number of hydrogen-bond acceptors (Lipinski definition) is 4. The Hall–Kier alpha value is -3.66. The van der Waals surface area contributed by atoms with Crippen molar-refractivity contribution in [3.8, 4) is 5.69 Å². The number of hydrogen-bond donors (Lipinski definition) is 1. The first kappa shape index (κ1) is 26.9. The number of carbonyl (C=O) groups excluding carboxylic acids is 1. The molecule has 0 bridgehead atoms. The number of halogens is 4. The Bertz CT molecular complexity index is 1600. The standard InChI is InChI=1S/C28H27ClF3N5O2/c1-16-17(2)33-12-11-22(16)37-24-6-4-3-5-23(24)36(27(37)39)15-18-7-9-20(10-8-18)35-26(38)21-13-19(29)14-34-25(21)28(30,31)32/h3-6,11-14,18,20H,7-10,15H2,1-2H3,(H,35,38)/t18-,20-. The van der Waals surface area contributed by atoms with Crippen LogP contribution in [0.2, 0.25) is 5.02 Å². The van der Waals surface area contributed by atoms with E-state index in [1.807, 2.05) is 44.2 Å². The lowest BCUT2D eigenvalue weighted by atomic mass is 9.85. The van der Waals surface area contributed by atoms with E-state index in [0.29, 0.717) is 32.2 Å². The summed E-state index contributed by atoms with van der Waals surface area (Å²) in [4.78, 5) is 34.1. The fraction of sp³-hybridized carbons (Fsp3) is 0.357. The van der Waals surface area contributed by atoms with Crippen LogP contribution >= 0.6 is 11.6 Å². The number of aryl methyl sites for hydroxylation is 1. The number of para-hydroxylation sites is 2. The second kappa shape index (κ2) is 10.5. The Labute approximate surface area is 227 Å². The summed E-state index contributed by atoms with van der Waals surface area (Å²) in [5.74, 6) is -0.669. The maximum atomic E-state index is 13.7. The van der Waals surface area contributed by atoms with E-state index in [-0.39, 0.29) is 22.7 Å². The molecule has 1 aliphatic carbocycles. The van der Waals surface area contributed by atoms with Gasteiger partial charge in [-0.05, 0) is 75.3 Å². The summed E-state index contributed by atoms with van der Waals surface area (Å²) in [5, 5.41) is 2.68. The van der Waals surface area contributed by atoms with Gasteiger partial charge in [-0.3, -0.25) is 18.9 Å². The van der Waals surface area contributed by atoms with E-state index in [4.69, 9.17) is 11.6 Å². The fourth-order valence-corrected chi connectivity index (χ4v) is 5.49. The molecule has 4 aromatic rings. The van der Waals surface area contributed by atoms with Gasteiger partial charge in [0.1, 0.15) is 0 Å². The molecule has 0 atom stereocenters. The number of imidazole rings is 1. The van der Waals surface area contributed by atoms with Gasteiger partial charge in [-0.25, -0.2) is 9.78 Å². The van der Waals surface area contributed by atoms with Crippen LogP contribution in [0.4, 0.5) is 13.2 Å². The number of carbonyl (C=O) groups is 1. The van der Waals surface area contributed by atoms with Gasteiger partial charge in [0.05, 0.1) is 27.3 Å². The molecule has 1 amide bonds. The third kappa shape index (κ3) is 5.30. The van der Waals surface area contributed by atoms with E-state index in [9.17, 15) is 22.8 Å². The van der Waals surface area contributed by atoms with Crippen molar-refractivity contribution in [2.45, 2.75) is 58.3 Å². The third-order valence-electron chi connectivity index (χ3n) is 7.49. The first-order valence-corrected chi connectivity index (χ1v) is 13.1. The molecule has 39 heavy (non-hydrogen) atoms. The first-order chi connectivity index (χ1) is 18.5. The second-order valence-corrected chi connectivity index (χ2v) is 10.4. The smallest absolute Gasteiger partial charge is 0.349 e. The highest BCUT2D eigenvalue weighted by molar-refractivity contribution is 6.30. The first-order valence-electron chi connectivity index (χ1n) is 12.7. The molecule has 3 aromatic heterocycles. The molecule has 1 saturated carbocycles. The van der Waals surface area contributed by atoms with Crippen molar-refractivity contribution in [3.63, 3.8) is 0 Å². The number of nitrogens with zero attached hydrogens (tertiary/aromatic N) is 4. The van der Waals surface area contributed by atoms with E-state index in [1.165, 1.54) is 0 Å². The zero-order valence-electron chi connectivity index (χ0n) is 21.4. The van der Waals surface area contributed by atoms with Crippen molar-refractivity contribution in [1.29, 1.82) is 0 Å². The van der Waals surface area contributed by atoms with Gasteiger partial charge in [0.25, 0.3) is 5.91 Å². The molecule has 7 nitrogen and oxygen atoms in total. The quantitative estimate of drug-likeness (QED) is 0.333. The Kier molecular flexibility index (Phi) is 7.24. The van der Waals surface area contributed by atoms with Gasteiger partial charge in [0, 0.05) is 30.7 Å². The van der Waals surface area contributed by atoms with Crippen LogP contribution in [-0.4, -0.2) is 31.1 Å². The molecule has 3 heterocycles. The van der Waals surface area contributed by atoms with Gasteiger partial charge in [0.15, 0.2) is 5.69 Å². The van der Waals surface area contributed by atoms with Gasteiger partial charge in [0.2, 0.25) is 0 Å². The fourth-order valence-electron chi connectivity index (χ4n) is 5.34. The highest BCUT2D eigenvalue weighted by atomic mass is 35.5. The average Bonchev–Trinajstić information content (AvgIpc) is 3.17. The van der Waals surface area contributed by atoms with Crippen molar-refractivity contribution in [3.05, 3.63) is 86.8 Å². The van der Waals surface area contributed by atoms with E-state index >= 15 is 0 Å². The highest BCUT2D eigenvalue weighted by Crippen LogP contribution is 2.32. The van der Waals surface area contributed by atoms with Crippen LogP contribution < -0.4 is 11.0 Å². The van der Waals surface area contributed by atoms with Crippen molar-refractivity contribution in [2.24, 2.45) is 5.92 Å². The lowest BCUT2D eigenvalue weighted by Gasteiger charge is -2.29. The number of amides is 1. The van der Waals surface area contributed by atoms with Gasteiger partial charge in [-0.15, -0.1) is 0 Å². The maximum absolute atomic E-state index is 13.7. The molecule has 1 aromatic carbocycles. The number of pyridine rings is 2. The number of rotatable bonds is 5. The summed E-state index contributed by atoms with van der Waals surface area (Å²) >= 11 is 5.82. The Morgan fingerprint density at radius 3 is 2.46 bits per heavy atom. The van der Waals surface area contributed by atoms with Crippen LogP contribution in [0.1, 0.15) is 53.0 Å². The molecule has 1 N–H and O–H groups in total. The molecule has 1 fully saturated rings. The SMILES string of the molecule is Cc1nccc(-n2c(=O)n(C[C@H]3CC[C@H](NC(=O)c4cc(Cl)cnc4C(F)(F)F)CC3)c3ccccc32)c1C. The molecule has 0 spiro atoms. The lowest BCUT2D eigenvalue weighted by molar-refractivity contribution is -0.141. The maximum Gasteiger partial charge on any atom is 0.434 e. The molecule has 5 rings (SSSR count). The number of benzene rings is 1. The number of alkyl halides is 3. The van der Waals surface area contributed by atoms with Crippen molar-refractivity contribution in [2.75, 3.05) is 0 Å².